The van der Waals surface area contributed by atoms with Crippen LogP contribution in [0.5, 0.6) is 0 Å². The maximum atomic E-state index is 12.4. The highest BCUT2D eigenvalue weighted by Crippen LogP contribution is 2.24. The van der Waals surface area contributed by atoms with E-state index in [1.165, 1.54) is 0 Å². The predicted octanol–water partition coefficient (Wildman–Crippen LogP) is 1.41. The van der Waals surface area contributed by atoms with Gasteiger partial charge in [-0.1, -0.05) is 0 Å². The monoisotopic (exact) mass is 284 g/mol. The fourth-order valence-electron chi connectivity index (χ4n) is 2.42. The van der Waals surface area contributed by atoms with Crippen LogP contribution in [0.1, 0.15) is 17.5 Å². The van der Waals surface area contributed by atoms with Crippen molar-refractivity contribution < 1.29 is 13.2 Å². The minimum absolute atomic E-state index is 0.118. The molecule has 1 fully saturated rings. The molecule has 2 rings (SSSR count). The average Bonchev–Trinajstić information content (AvgIpc) is 2.79. The van der Waals surface area contributed by atoms with Gasteiger partial charge in [-0.15, -0.1) is 0 Å². The van der Waals surface area contributed by atoms with Gasteiger partial charge in [-0.3, -0.25) is 0 Å². The fourth-order valence-corrected chi connectivity index (χ4v) is 4.13. The second-order valence-corrected chi connectivity index (χ2v) is 6.52. The molecule has 0 bridgehead atoms. The molecule has 0 saturated carbocycles. The summed E-state index contributed by atoms with van der Waals surface area (Å²) in [4.78, 5) is 0.374. The predicted molar refractivity (Wildman–Crippen MR) is 75.0 cm³/mol. The summed E-state index contributed by atoms with van der Waals surface area (Å²) >= 11 is 0. The normalized spacial score (nSPS) is 19.6. The zero-order valence-electron chi connectivity index (χ0n) is 11.5. The van der Waals surface area contributed by atoms with Gasteiger partial charge in [0.05, 0.1) is 11.5 Å². The van der Waals surface area contributed by atoms with Gasteiger partial charge in [0.25, 0.3) is 0 Å². The Hall–Kier alpha value is -1.11. The summed E-state index contributed by atoms with van der Waals surface area (Å²) < 4.78 is 32.8. The van der Waals surface area contributed by atoms with E-state index in [-0.39, 0.29) is 6.04 Å². The van der Waals surface area contributed by atoms with Crippen molar-refractivity contribution in [2.45, 2.75) is 31.2 Å². The summed E-state index contributed by atoms with van der Waals surface area (Å²) in [5, 5.41) is 3.03. The number of ether oxygens (including phenoxy) is 1. The highest BCUT2D eigenvalue weighted by molar-refractivity contribution is 7.89. The number of rotatable bonds is 4. The highest BCUT2D eigenvalue weighted by atomic mass is 32.2. The molecule has 0 spiro atoms. The molecule has 1 atom stereocenters. The van der Waals surface area contributed by atoms with Gasteiger partial charge in [0.1, 0.15) is 0 Å². The molecule has 1 saturated heterocycles. The Morgan fingerprint density at radius 2 is 1.89 bits per heavy atom. The first kappa shape index (κ1) is 14.3. The van der Waals surface area contributed by atoms with E-state index in [1.807, 2.05) is 33.0 Å². The Kier molecular flexibility index (Phi) is 4.13. The Bertz CT molecular complexity index is 540. The number of nitrogens with one attached hydrogen (secondary N) is 2. The van der Waals surface area contributed by atoms with Crippen molar-refractivity contribution in [2.24, 2.45) is 0 Å². The zero-order valence-corrected chi connectivity index (χ0v) is 12.3. The van der Waals surface area contributed by atoms with E-state index in [0.717, 1.165) is 23.2 Å². The van der Waals surface area contributed by atoms with Crippen LogP contribution < -0.4 is 10.0 Å². The lowest BCUT2D eigenvalue weighted by molar-refractivity contribution is 0.192. The van der Waals surface area contributed by atoms with Crippen molar-refractivity contribution >= 4 is 15.7 Å². The molecule has 1 aromatic rings. The van der Waals surface area contributed by atoms with Crippen LogP contribution >= 0.6 is 0 Å². The van der Waals surface area contributed by atoms with Crippen LogP contribution in [0.25, 0.3) is 0 Å². The quantitative estimate of drug-likeness (QED) is 0.877. The molecule has 106 valence electrons. The number of hydrogen-bond acceptors (Lipinski definition) is 4. The summed E-state index contributed by atoms with van der Waals surface area (Å²) in [7, 11) is -1.67. The summed E-state index contributed by atoms with van der Waals surface area (Å²) in [5.74, 6) is 0. The molecule has 1 aromatic carbocycles. The van der Waals surface area contributed by atoms with E-state index >= 15 is 0 Å². The molecule has 2 N–H and O–H groups in total. The maximum absolute atomic E-state index is 12.4. The van der Waals surface area contributed by atoms with Crippen LogP contribution in [0.4, 0.5) is 5.69 Å². The van der Waals surface area contributed by atoms with Crippen LogP contribution in [0.3, 0.4) is 0 Å². The van der Waals surface area contributed by atoms with Crippen molar-refractivity contribution in [1.29, 1.82) is 0 Å². The van der Waals surface area contributed by atoms with Gasteiger partial charge in [0.15, 0.2) is 0 Å². The maximum Gasteiger partial charge on any atom is 0.241 e. The summed E-state index contributed by atoms with van der Waals surface area (Å²) in [6.45, 7) is 4.69. The van der Waals surface area contributed by atoms with Crippen LogP contribution in [-0.4, -0.2) is 34.7 Å². The third-order valence-electron chi connectivity index (χ3n) is 3.27. The molecule has 0 aromatic heterocycles. The van der Waals surface area contributed by atoms with Crippen LogP contribution in [0, 0.1) is 13.8 Å². The number of aryl methyl sites for hydroxylation is 2. The summed E-state index contributed by atoms with van der Waals surface area (Å²) in [5.41, 5.74) is 2.41. The summed E-state index contributed by atoms with van der Waals surface area (Å²) in [6, 6.07) is 3.56. The molecular formula is C13H20N2O3S. The second kappa shape index (κ2) is 5.48. The fraction of sp³-hybridized carbons (Fsp3) is 0.538. The lowest BCUT2D eigenvalue weighted by Gasteiger charge is -2.16. The SMILES string of the molecule is CNc1cc(C)c(S(=O)(=O)NC2CCOC2)c(C)c1. The third-order valence-corrected chi connectivity index (χ3v) is 5.09. The van der Waals surface area contributed by atoms with Gasteiger partial charge in [0.2, 0.25) is 10.0 Å². The molecule has 1 heterocycles. The Labute approximate surface area is 114 Å². The minimum Gasteiger partial charge on any atom is -0.388 e. The molecular weight excluding hydrogens is 264 g/mol. The number of hydrogen-bond donors (Lipinski definition) is 2. The van der Waals surface area contributed by atoms with Gasteiger partial charge in [0, 0.05) is 25.4 Å². The minimum atomic E-state index is -3.49. The molecule has 1 aliphatic rings. The standard InChI is InChI=1S/C13H20N2O3S/c1-9-6-12(14-3)7-10(2)13(9)19(16,17)15-11-4-5-18-8-11/h6-7,11,14-15H,4-5,8H2,1-3H3. The highest BCUT2D eigenvalue weighted by Gasteiger charge is 2.26. The Morgan fingerprint density at radius 1 is 1.26 bits per heavy atom. The molecule has 0 aliphatic carbocycles. The Balaban J connectivity index is 2.34. The lowest BCUT2D eigenvalue weighted by atomic mass is 10.1. The first-order chi connectivity index (χ1) is 8.94. The van der Waals surface area contributed by atoms with Crippen molar-refractivity contribution in [3.05, 3.63) is 23.3 Å². The molecule has 6 heteroatoms. The van der Waals surface area contributed by atoms with E-state index in [4.69, 9.17) is 4.74 Å². The van der Waals surface area contributed by atoms with Crippen LogP contribution in [0.15, 0.2) is 17.0 Å². The first-order valence-electron chi connectivity index (χ1n) is 6.33. The first-order valence-corrected chi connectivity index (χ1v) is 7.81. The molecule has 0 amide bonds. The third kappa shape index (κ3) is 3.08. The van der Waals surface area contributed by atoms with Gasteiger partial charge >= 0.3 is 0 Å². The topological polar surface area (TPSA) is 67.4 Å². The van der Waals surface area contributed by atoms with Crippen molar-refractivity contribution in [2.75, 3.05) is 25.6 Å². The van der Waals surface area contributed by atoms with E-state index in [9.17, 15) is 8.42 Å². The van der Waals surface area contributed by atoms with Crippen LogP contribution in [0.2, 0.25) is 0 Å². The van der Waals surface area contributed by atoms with E-state index in [0.29, 0.717) is 18.1 Å². The van der Waals surface area contributed by atoms with Gasteiger partial charge in [-0.25, -0.2) is 13.1 Å². The number of benzene rings is 1. The largest absolute Gasteiger partial charge is 0.388 e. The zero-order chi connectivity index (χ0) is 14.0. The summed E-state index contributed by atoms with van der Waals surface area (Å²) in [6.07, 6.45) is 0.728. The van der Waals surface area contributed by atoms with Crippen molar-refractivity contribution in [3.8, 4) is 0 Å². The molecule has 0 radical (unpaired) electrons. The molecule has 5 nitrogen and oxygen atoms in total. The molecule has 1 aliphatic heterocycles. The van der Waals surface area contributed by atoms with Crippen LogP contribution in [-0.2, 0) is 14.8 Å². The average molecular weight is 284 g/mol. The van der Waals surface area contributed by atoms with E-state index in [1.54, 1.807) is 0 Å². The van der Waals surface area contributed by atoms with Gasteiger partial charge in [-0.05, 0) is 43.5 Å². The van der Waals surface area contributed by atoms with Gasteiger partial charge < -0.3 is 10.1 Å². The van der Waals surface area contributed by atoms with Crippen molar-refractivity contribution in [3.63, 3.8) is 0 Å². The number of sulfonamides is 1. The lowest BCUT2D eigenvalue weighted by Crippen LogP contribution is -2.35. The van der Waals surface area contributed by atoms with Crippen molar-refractivity contribution in [1.82, 2.24) is 4.72 Å². The second-order valence-electron chi connectivity index (χ2n) is 4.87. The van der Waals surface area contributed by atoms with E-state index < -0.39 is 10.0 Å². The van der Waals surface area contributed by atoms with Gasteiger partial charge in [-0.2, -0.15) is 0 Å². The Morgan fingerprint density at radius 3 is 2.37 bits per heavy atom. The number of anilines is 1. The molecule has 1 unspecified atom stereocenters. The molecule has 19 heavy (non-hydrogen) atoms. The smallest absolute Gasteiger partial charge is 0.241 e. The van der Waals surface area contributed by atoms with E-state index in [2.05, 4.69) is 10.0 Å².